The Morgan fingerprint density at radius 3 is 2.64 bits per heavy atom. The van der Waals surface area contributed by atoms with Gasteiger partial charge in [0.25, 0.3) is 5.56 Å². The zero-order valence-corrected chi connectivity index (χ0v) is 15.8. The fourth-order valence-electron chi connectivity index (χ4n) is 3.79. The first-order valence-corrected chi connectivity index (χ1v) is 9.46. The standard InChI is InChI=1S/C20H22FN5O2/c1-28-19-7-6-16(21)12-15(19)13-24-8-10-25(11-9-24)14-26-20(27)17-4-2-3-5-18(17)22-23-26/h2-7,12H,8-11,13-14H2,1H3/p+2. The van der Waals surface area contributed by atoms with Gasteiger partial charge in [-0.25, -0.2) is 4.39 Å². The maximum absolute atomic E-state index is 13.6. The maximum Gasteiger partial charge on any atom is 0.282 e. The van der Waals surface area contributed by atoms with Crippen molar-refractivity contribution in [2.75, 3.05) is 33.3 Å². The van der Waals surface area contributed by atoms with Crippen LogP contribution in [0, 0.1) is 5.82 Å². The SMILES string of the molecule is COc1ccc(F)cc1C[NH+]1CC[NH+](Cn2nnc3ccccc3c2=O)CC1. The molecule has 0 spiro atoms. The van der Waals surface area contributed by atoms with E-state index in [1.165, 1.54) is 20.5 Å². The lowest BCUT2D eigenvalue weighted by molar-refractivity contribution is -1.03. The molecule has 2 aromatic carbocycles. The van der Waals surface area contributed by atoms with Crippen molar-refractivity contribution in [3.05, 3.63) is 64.2 Å². The number of methoxy groups -OCH3 is 1. The van der Waals surface area contributed by atoms with E-state index in [-0.39, 0.29) is 11.4 Å². The van der Waals surface area contributed by atoms with E-state index in [9.17, 15) is 9.18 Å². The average Bonchev–Trinajstić information content (AvgIpc) is 2.72. The van der Waals surface area contributed by atoms with Crippen LogP contribution in [0.3, 0.4) is 0 Å². The molecule has 0 amide bonds. The minimum atomic E-state index is -0.242. The van der Waals surface area contributed by atoms with Gasteiger partial charge in [0.05, 0.1) is 18.1 Å². The van der Waals surface area contributed by atoms with Crippen LogP contribution >= 0.6 is 0 Å². The van der Waals surface area contributed by atoms with Crippen LogP contribution in [0.15, 0.2) is 47.3 Å². The summed E-state index contributed by atoms with van der Waals surface area (Å²) in [5, 5.41) is 8.84. The summed E-state index contributed by atoms with van der Waals surface area (Å²) < 4.78 is 20.4. The molecule has 146 valence electrons. The van der Waals surface area contributed by atoms with E-state index in [0.717, 1.165) is 44.0 Å². The van der Waals surface area contributed by atoms with Crippen LogP contribution in [-0.4, -0.2) is 48.3 Å². The number of halogens is 1. The second-order valence-corrected chi connectivity index (χ2v) is 7.20. The predicted molar refractivity (Wildman–Crippen MR) is 102 cm³/mol. The van der Waals surface area contributed by atoms with Crippen molar-refractivity contribution in [2.24, 2.45) is 0 Å². The average molecular weight is 385 g/mol. The van der Waals surface area contributed by atoms with Gasteiger partial charge in [0, 0.05) is 0 Å². The highest BCUT2D eigenvalue weighted by molar-refractivity contribution is 5.76. The van der Waals surface area contributed by atoms with Crippen molar-refractivity contribution in [3.8, 4) is 5.75 Å². The van der Waals surface area contributed by atoms with Crippen LogP contribution in [0.4, 0.5) is 4.39 Å². The number of piperazine rings is 1. The molecule has 2 N–H and O–H groups in total. The first kappa shape index (κ1) is 18.5. The molecular weight excluding hydrogens is 361 g/mol. The Morgan fingerprint density at radius 2 is 1.86 bits per heavy atom. The summed E-state index contributed by atoms with van der Waals surface area (Å²) in [7, 11) is 1.61. The van der Waals surface area contributed by atoms with Gasteiger partial charge in [0.15, 0.2) is 6.67 Å². The summed E-state index contributed by atoms with van der Waals surface area (Å²) in [6, 6.07) is 11.9. The highest BCUT2D eigenvalue weighted by Crippen LogP contribution is 2.18. The molecule has 0 aliphatic carbocycles. The van der Waals surface area contributed by atoms with E-state index in [1.54, 1.807) is 31.4 Å². The molecule has 2 heterocycles. The number of nitrogens with zero attached hydrogens (tertiary/aromatic N) is 3. The van der Waals surface area contributed by atoms with Crippen LogP contribution in [0.5, 0.6) is 5.75 Å². The van der Waals surface area contributed by atoms with Gasteiger partial charge in [-0.05, 0) is 30.3 Å². The van der Waals surface area contributed by atoms with Crippen molar-refractivity contribution in [1.82, 2.24) is 15.0 Å². The number of ether oxygens (including phenoxy) is 1. The molecule has 4 rings (SSSR count). The van der Waals surface area contributed by atoms with E-state index in [1.807, 2.05) is 12.1 Å². The molecule has 1 aliphatic rings. The minimum absolute atomic E-state index is 0.0997. The first-order chi connectivity index (χ1) is 13.6. The van der Waals surface area contributed by atoms with Crippen molar-refractivity contribution < 1.29 is 18.9 Å². The third kappa shape index (κ3) is 3.88. The highest BCUT2D eigenvalue weighted by atomic mass is 19.1. The van der Waals surface area contributed by atoms with E-state index in [2.05, 4.69) is 10.3 Å². The summed E-state index contributed by atoms with van der Waals surface area (Å²) >= 11 is 0. The van der Waals surface area contributed by atoms with Gasteiger partial charge < -0.3 is 14.5 Å². The van der Waals surface area contributed by atoms with Gasteiger partial charge in [-0.2, -0.15) is 4.68 Å². The van der Waals surface area contributed by atoms with Crippen LogP contribution < -0.4 is 20.1 Å². The van der Waals surface area contributed by atoms with E-state index < -0.39 is 0 Å². The normalized spacial score (nSPS) is 19.6. The number of benzene rings is 2. The zero-order valence-electron chi connectivity index (χ0n) is 15.8. The summed E-state index contributed by atoms with van der Waals surface area (Å²) in [4.78, 5) is 15.3. The minimum Gasteiger partial charge on any atom is -0.496 e. The lowest BCUT2D eigenvalue weighted by Gasteiger charge is -2.29. The topological polar surface area (TPSA) is 65.9 Å². The van der Waals surface area contributed by atoms with Crippen LogP contribution in [0.25, 0.3) is 10.9 Å². The Labute approximate surface area is 161 Å². The molecule has 0 atom stereocenters. The van der Waals surface area contributed by atoms with Gasteiger partial charge in [-0.3, -0.25) is 4.79 Å². The summed E-state index contributed by atoms with van der Waals surface area (Å²) in [5.74, 6) is 0.482. The Balaban J connectivity index is 1.39. The molecule has 1 aromatic heterocycles. The van der Waals surface area contributed by atoms with Crippen molar-refractivity contribution in [1.29, 1.82) is 0 Å². The van der Waals surface area contributed by atoms with Gasteiger partial charge >= 0.3 is 0 Å². The number of fused-ring (bicyclic) bond motifs is 1. The molecule has 8 heteroatoms. The monoisotopic (exact) mass is 385 g/mol. The Bertz CT molecular complexity index is 1030. The fraction of sp³-hybridized carbons (Fsp3) is 0.350. The zero-order chi connectivity index (χ0) is 19.5. The second-order valence-electron chi connectivity index (χ2n) is 7.20. The molecule has 0 radical (unpaired) electrons. The van der Waals surface area contributed by atoms with Gasteiger partial charge in [0.2, 0.25) is 0 Å². The Morgan fingerprint density at radius 1 is 1.11 bits per heavy atom. The number of hydrogen-bond donors (Lipinski definition) is 2. The van der Waals surface area contributed by atoms with Crippen molar-refractivity contribution in [2.45, 2.75) is 13.2 Å². The molecular formula is C20H24FN5O2+2. The molecule has 3 aromatic rings. The van der Waals surface area contributed by atoms with Crippen molar-refractivity contribution in [3.63, 3.8) is 0 Å². The lowest BCUT2D eigenvalue weighted by atomic mass is 10.1. The van der Waals surface area contributed by atoms with Crippen molar-refractivity contribution >= 4 is 10.9 Å². The summed E-state index contributed by atoms with van der Waals surface area (Å²) in [6.45, 7) is 4.93. The highest BCUT2D eigenvalue weighted by Gasteiger charge is 2.25. The quantitative estimate of drug-likeness (QED) is 0.584. The van der Waals surface area contributed by atoms with Gasteiger partial charge in [-0.1, -0.05) is 17.3 Å². The summed E-state index contributed by atoms with van der Waals surface area (Å²) in [6.07, 6.45) is 0. The third-order valence-electron chi connectivity index (χ3n) is 5.35. The molecule has 7 nitrogen and oxygen atoms in total. The molecule has 1 fully saturated rings. The number of nitrogens with one attached hydrogen (secondary N) is 2. The van der Waals surface area contributed by atoms with E-state index >= 15 is 0 Å². The molecule has 28 heavy (non-hydrogen) atoms. The van der Waals surface area contributed by atoms with E-state index in [4.69, 9.17) is 4.74 Å². The molecule has 0 saturated carbocycles. The third-order valence-corrected chi connectivity index (χ3v) is 5.35. The predicted octanol–water partition coefficient (Wildman–Crippen LogP) is -1.12. The Kier molecular flexibility index (Phi) is 5.31. The summed E-state index contributed by atoms with van der Waals surface area (Å²) in [5.41, 5.74) is 1.41. The lowest BCUT2D eigenvalue weighted by Crippen LogP contribution is -3.27. The Hall–Kier alpha value is -2.84. The van der Waals surface area contributed by atoms with Crippen LogP contribution in [0.1, 0.15) is 5.56 Å². The number of quaternary nitrogens is 2. The number of hydrogen-bond acceptors (Lipinski definition) is 4. The van der Waals surface area contributed by atoms with Crippen LogP contribution in [0.2, 0.25) is 0 Å². The smallest absolute Gasteiger partial charge is 0.282 e. The maximum atomic E-state index is 13.6. The fourth-order valence-corrected chi connectivity index (χ4v) is 3.79. The van der Waals surface area contributed by atoms with Crippen LogP contribution in [-0.2, 0) is 13.2 Å². The van der Waals surface area contributed by atoms with Gasteiger partial charge in [-0.15, -0.1) is 5.10 Å². The van der Waals surface area contributed by atoms with Gasteiger partial charge in [0.1, 0.15) is 49.8 Å². The number of aromatic nitrogens is 3. The molecule has 0 bridgehead atoms. The molecule has 0 unspecified atom stereocenters. The second kappa shape index (κ2) is 8.04. The largest absolute Gasteiger partial charge is 0.496 e. The molecule has 1 saturated heterocycles. The van der Waals surface area contributed by atoms with E-state index in [0.29, 0.717) is 17.6 Å². The first-order valence-electron chi connectivity index (χ1n) is 9.46. The molecule has 1 aliphatic heterocycles. The number of rotatable bonds is 5.